The van der Waals surface area contributed by atoms with E-state index >= 15 is 0 Å². The predicted molar refractivity (Wildman–Crippen MR) is 138 cm³/mol. The molecule has 1 aliphatic rings. The zero-order chi connectivity index (χ0) is 24.4. The fourth-order valence-corrected chi connectivity index (χ4v) is 4.94. The summed E-state index contributed by atoms with van der Waals surface area (Å²) in [6.07, 6.45) is 6.32. The second kappa shape index (κ2) is 10.2. The summed E-state index contributed by atoms with van der Waals surface area (Å²) in [6.45, 7) is 2.49. The van der Waals surface area contributed by atoms with Crippen LogP contribution in [0.25, 0.3) is 17.0 Å². The van der Waals surface area contributed by atoms with Crippen LogP contribution in [0.15, 0.2) is 66.9 Å². The molecule has 2 aromatic carbocycles. The Labute approximate surface area is 212 Å². The van der Waals surface area contributed by atoms with E-state index in [1.807, 2.05) is 42.5 Å². The molecule has 5 nitrogen and oxygen atoms in total. The monoisotopic (exact) mass is 508 g/mol. The predicted octanol–water partition coefficient (Wildman–Crippen LogP) is 6.31. The molecular formula is C27H23Cl2FN4O. The van der Waals surface area contributed by atoms with Crippen molar-refractivity contribution in [2.75, 3.05) is 13.1 Å². The van der Waals surface area contributed by atoms with Gasteiger partial charge in [0.1, 0.15) is 0 Å². The summed E-state index contributed by atoms with van der Waals surface area (Å²) in [4.78, 5) is 19.2. The molecule has 0 aliphatic carbocycles. The molecule has 0 fully saturated rings. The highest BCUT2D eigenvalue weighted by atomic mass is 35.5. The normalized spacial score (nSPS) is 13.9. The van der Waals surface area contributed by atoms with Crippen LogP contribution in [0.3, 0.4) is 0 Å². The van der Waals surface area contributed by atoms with Crippen LogP contribution < -0.4 is 5.32 Å². The van der Waals surface area contributed by atoms with E-state index in [4.69, 9.17) is 23.2 Å². The third-order valence-electron chi connectivity index (χ3n) is 6.18. The molecule has 178 valence electrons. The minimum Gasteiger partial charge on any atom is -0.333 e. The molecule has 1 aliphatic heterocycles. The van der Waals surface area contributed by atoms with Crippen molar-refractivity contribution < 1.29 is 9.18 Å². The summed E-state index contributed by atoms with van der Waals surface area (Å²) in [7, 11) is 0. The lowest BCUT2D eigenvalue weighted by atomic mass is 10.0. The molecule has 5 rings (SSSR count). The molecule has 3 heterocycles. The Kier molecular flexibility index (Phi) is 6.86. The van der Waals surface area contributed by atoms with Crippen LogP contribution in [-0.4, -0.2) is 33.6 Å². The first-order valence-corrected chi connectivity index (χ1v) is 12.1. The molecule has 35 heavy (non-hydrogen) atoms. The van der Waals surface area contributed by atoms with Gasteiger partial charge < -0.3 is 5.32 Å². The maximum absolute atomic E-state index is 13.4. The molecule has 1 N–H and O–H groups in total. The molecule has 4 aromatic rings. The number of pyridine rings is 1. The van der Waals surface area contributed by atoms with Gasteiger partial charge in [-0.3, -0.25) is 9.47 Å². The van der Waals surface area contributed by atoms with Crippen LogP contribution in [0, 0.1) is 5.95 Å². The largest absolute Gasteiger partial charge is 0.333 e. The Bertz CT molecular complexity index is 1410. The number of nitrogens with one attached hydrogen (secondary N) is 1. The molecule has 0 atom stereocenters. The molecule has 0 saturated carbocycles. The van der Waals surface area contributed by atoms with Gasteiger partial charge in [-0.15, -0.1) is 0 Å². The highest BCUT2D eigenvalue weighted by molar-refractivity contribution is 6.36. The molecule has 0 unspecified atom stereocenters. The summed E-state index contributed by atoms with van der Waals surface area (Å²) in [5.41, 5.74) is 4.55. The van der Waals surface area contributed by atoms with Crippen molar-refractivity contribution in [1.82, 2.24) is 19.8 Å². The standard InChI is InChI=1S/C27H23Cl2FN4O/c28-20-8-6-18(7-9-20)3-2-13-33-14-11-23-21(17-33)26-22(29)4-1-5-24(26)34(23)27(35)32-16-19-10-12-31-25(30)15-19/h1-10,12,15H,11,13-14,16-17H2,(H,32,35). The van der Waals surface area contributed by atoms with E-state index in [1.165, 1.54) is 12.3 Å². The fourth-order valence-electron chi connectivity index (χ4n) is 4.53. The first-order valence-electron chi connectivity index (χ1n) is 11.3. The van der Waals surface area contributed by atoms with Gasteiger partial charge in [0.2, 0.25) is 5.95 Å². The van der Waals surface area contributed by atoms with Gasteiger partial charge in [-0.2, -0.15) is 4.39 Å². The van der Waals surface area contributed by atoms with E-state index in [0.29, 0.717) is 23.6 Å². The number of halogens is 3. The summed E-state index contributed by atoms with van der Waals surface area (Å²) >= 11 is 12.6. The lowest BCUT2D eigenvalue weighted by molar-refractivity contribution is 0.240. The van der Waals surface area contributed by atoms with Crippen LogP contribution in [0.4, 0.5) is 9.18 Å². The quantitative estimate of drug-likeness (QED) is 0.321. The van der Waals surface area contributed by atoms with Crippen molar-refractivity contribution >= 4 is 46.2 Å². The van der Waals surface area contributed by atoms with Gasteiger partial charge in [-0.25, -0.2) is 9.78 Å². The van der Waals surface area contributed by atoms with Gasteiger partial charge in [0, 0.05) is 54.9 Å². The van der Waals surface area contributed by atoms with E-state index < -0.39 is 5.95 Å². The fraction of sp³-hybridized carbons (Fsp3) is 0.185. The molecule has 0 radical (unpaired) electrons. The SMILES string of the molecule is O=C(NCc1ccnc(F)c1)n1c2c(c3c(Cl)cccc31)CN(CC=Cc1ccc(Cl)cc1)CC2. The number of benzene rings is 2. The number of hydrogen-bond donors (Lipinski definition) is 1. The number of nitrogens with zero attached hydrogens (tertiary/aromatic N) is 3. The maximum atomic E-state index is 13.4. The molecule has 0 spiro atoms. The van der Waals surface area contributed by atoms with Crippen molar-refractivity contribution in [3.63, 3.8) is 0 Å². The molecular weight excluding hydrogens is 486 g/mol. The number of hydrogen-bond acceptors (Lipinski definition) is 3. The van der Waals surface area contributed by atoms with Crippen LogP contribution >= 0.6 is 23.2 Å². The zero-order valence-corrected chi connectivity index (χ0v) is 20.4. The zero-order valence-electron chi connectivity index (χ0n) is 18.8. The van der Waals surface area contributed by atoms with E-state index in [0.717, 1.165) is 45.8 Å². The Morgan fingerprint density at radius 3 is 2.77 bits per heavy atom. The molecule has 2 aromatic heterocycles. The second-order valence-electron chi connectivity index (χ2n) is 8.48. The smallest absolute Gasteiger partial charge is 0.326 e. The molecule has 0 saturated heterocycles. The maximum Gasteiger partial charge on any atom is 0.326 e. The average molecular weight is 509 g/mol. The highest BCUT2D eigenvalue weighted by Gasteiger charge is 2.27. The lowest BCUT2D eigenvalue weighted by Crippen LogP contribution is -2.34. The first-order chi connectivity index (χ1) is 17.0. The van der Waals surface area contributed by atoms with Crippen LogP contribution in [0.5, 0.6) is 0 Å². The Morgan fingerprint density at radius 1 is 1.14 bits per heavy atom. The van der Waals surface area contributed by atoms with Crippen molar-refractivity contribution in [3.05, 3.63) is 105 Å². The van der Waals surface area contributed by atoms with E-state index in [9.17, 15) is 9.18 Å². The van der Waals surface area contributed by atoms with Crippen LogP contribution in [0.1, 0.15) is 22.4 Å². The van der Waals surface area contributed by atoms with Crippen LogP contribution in [0.2, 0.25) is 10.0 Å². The Balaban J connectivity index is 1.37. The van der Waals surface area contributed by atoms with Crippen molar-refractivity contribution in [2.45, 2.75) is 19.5 Å². The number of fused-ring (bicyclic) bond motifs is 3. The first kappa shape index (κ1) is 23.5. The van der Waals surface area contributed by atoms with E-state index in [2.05, 4.69) is 27.4 Å². The van der Waals surface area contributed by atoms with E-state index in [1.54, 1.807) is 10.6 Å². The molecule has 8 heteroatoms. The number of aromatic nitrogens is 2. The van der Waals surface area contributed by atoms with Gasteiger partial charge >= 0.3 is 6.03 Å². The minimum atomic E-state index is -0.572. The topological polar surface area (TPSA) is 50.2 Å². The summed E-state index contributed by atoms with van der Waals surface area (Å²) in [5, 5.41) is 5.16. The molecule has 0 bridgehead atoms. The third-order valence-corrected chi connectivity index (χ3v) is 6.75. The van der Waals surface area contributed by atoms with Gasteiger partial charge in [0.05, 0.1) is 10.5 Å². The average Bonchev–Trinajstić information content (AvgIpc) is 3.19. The third kappa shape index (κ3) is 5.10. The summed E-state index contributed by atoms with van der Waals surface area (Å²) in [6, 6.07) is 16.1. The van der Waals surface area contributed by atoms with Gasteiger partial charge in [-0.05, 0) is 53.1 Å². The van der Waals surface area contributed by atoms with Crippen molar-refractivity contribution in [3.8, 4) is 0 Å². The van der Waals surface area contributed by atoms with Crippen molar-refractivity contribution in [1.29, 1.82) is 0 Å². The van der Waals surface area contributed by atoms with Crippen LogP contribution in [-0.2, 0) is 19.5 Å². The summed E-state index contributed by atoms with van der Waals surface area (Å²) < 4.78 is 15.1. The summed E-state index contributed by atoms with van der Waals surface area (Å²) in [5.74, 6) is -0.572. The second-order valence-corrected chi connectivity index (χ2v) is 9.32. The number of carbonyl (C=O) groups is 1. The Morgan fingerprint density at radius 2 is 1.97 bits per heavy atom. The number of amides is 1. The van der Waals surface area contributed by atoms with Gasteiger partial charge in [0.25, 0.3) is 0 Å². The van der Waals surface area contributed by atoms with Gasteiger partial charge in [0.15, 0.2) is 0 Å². The Hall–Kier alpha value is -3.19. The highest BCUT2D eigenvalue weighted by Crippen LogP contribution is 2.35. The number of carbonyl (C=O) groups excluding carboxylic acids is 1. The lowest BCUT2D eigenvalue weighted by Gasteiger charge is -2.27. The van der Waals surface area contributed by atoms with Crippen molar-refractivity contribution in [2.24, 2.45) is 0 Å². The minimum absolute atomic E-state index is 0.203. The van der Waals surface area contributed by atoms with Gasteiger partial charge in [-0.1, -0.05) is 53.6 Å². The van der Waals surface area contributed by atoms with E-state index in [-0.39, 0.29) is 12.6 Å². The molecule has 1 amide bonds. The number of rotatable bonds is 5.